The molecule has 1 aliphatic heterocycles. The zero-order valence-corrected chi connectivity index (χ0v) is 14.1. The molecule has 1 amide bonds. The van der Waals surface area contributed by atoms with Crippen molar-refractivity contribution in [1.82, 2.24) is 9.78 Å². The molecule has 124 valence electrons. The Morgan fingerprint density at radius 1 is 1.38 bits per heavy atom. The van der Waals surface area contributed by atoms with E-state index >= 15 is 0 Å². The molecule has 6 heteroatoms. The third-order valence-corrected chi connectivity index (χ3v) is 4.31. The van der Waals surface area contributed by atoms with Crippen LogP contribution in [-0.4, -0.2) is 22.3 Å². The summed E-state index contributed by atoms with van der Waals surface area (Å²) in [5.41, 5.74) is 4.03. The monoisotopic (exact) mass is 324 g/mol. The first-order valence-corrected chi connectivity index (χ1v) is 7.96. The first-order valence-electron chi connectivity index (χ1n) is 7.96. The third-order valence-electron chi connectivity index (χ3n) is 4.31. The fourth-order valence-corrected chi connectivity index (χ4v) is 2.87. The number of nitrogens with zero attached hydrogens (tertiary/aromatic N) is 3. The minimum absolute atomic E-state index is 0.116. The van der Waals surface area contributed by atoms with E-state index < -0.39 is 0 Å². The zero-order chi connectivity index (χ0) is 17.3. The Morgan fingerprint density at radius 2 is 2.12 bits per heavy atom. The van der Waals surface area contributed by atoms with Gasteiger partial charge in [-0.15, -0.1) is 0 Å². The minimum atomic E-state index is -0.334. The number of hydrogen-bond acceptors (Lipinski definition) is 4. The van der Waals surface area contributed by atoms with Crippen molar-refractivity contribution in [2.75, 3.05) is 11.9 Å². The number of rotatable bonds is 4. The van der Waals surface area contributed by atoms with Crippen molar-refractivity contribution < 1.29 is 9.53 Å². The molecule has 0 aliphatic carbocycles. The molecular formula is C18H20N4O2. The van der Waals surface area contributed by atoms with Gasteiger partial charge < -0.3 is 10.1 Å². The molecular weight excluding hydrogens is 304 g/mol. The highest BCUT2D eigenvalue weighted by atomic mass is 16.5. The minimum Gasteiger partial charge on any atom is -0.492 e. The lowest BCUT2D eigenvalue weighted by atomic mass is 9.96. The fraction of sp³-hybridized carbons (Fsp3) is 0.389. The Kier molecular flexibility index (Phi) is 4.26. The molecule has 3 rings (SSSR count). The Bertz CT molecular complexity index is 832. The van der Waals surface area contributed by atoms with Gasteiger partial charge >= 0.3 is 0 Å². The Labute approximate surface area is 141 Å². The molecule has 0 bridgehead atoms. The molecule has 2 heterocycles. The summed E-state index contributed by atoms with van der Waals surface area (Å²) in [5, 5.41) is 16.0. The van der Waals surface area contributed by atoms with Crippen molar-refractivity contribution in [1.29, 1.82) is 5.26 Å². The second-order valence-corrected chi connectivity index (χ2v) is 6.13. The standard InChI is InChI=1S/C18H20N4O2/c1-11-7-14-15(10-24-16(14)8-12(11)2)18(23)20-17-9-13(3)21-22(17)6-4-5-19/h7-9,15H,4,6,10H2,1-3H3,(H,20,23). The number of carbonyl (C=O) groups excluding carboxylic acids is 1. The van der Waals surface area contributed by atoms with E-state index in [1.807, 2.05) is 39.0 Å². The second-order valence-electron chi connectivity index (χ2n) is 6.13. The first kappa shape index (κ1) is 16.1. The molecule has 6 nitrogen and oxygen atoms in total. The van der Waals surface area contributed by atoms with E-state index in [1.165, 1.54) is 0 Å². The van der Waals surface area contributed by atoms with Gasteiger partial charge in [0.25, 0.3) is 0 Å². The lowest BCUT2D eigenvalue weighted by molar-refractivity contribution is -0.117. The SMILES string of the molecule is Cc1cc(NC(=O)C2COc3cc(C)c(C)cc32)n(CCC#N)n1. The summed E-state index contributed by atoms with van der Waals surface area (Å²) in [6.45, 7) is 6.72. The smallest absolute Gasteiger partial charge is 0.236 e. The molecule has 0 radical (unpaired) electrons. The quantitative estimate of drug-likeness (QED) is 0.938. The van der Waals surface area contributed by atoms with E-state index in [9.17, 15) is 4.79 Å². The van der Waals surface area contributed by atoms with Gasteiger partial charge in [-0.3, -0.25) is 4.79 Å². The van der Waals surface area contributed by atoms with Gasteiger partial charge in [-0.2, -0.15) is 10.4 Å². The number of anilines is 1. The van der Waals surface area contributed by atoms with Crippen LogP contribution < -0.4 is 10.1 Å². The van der Waals surface area contributed by atoms with Crippen molar-refractivity contribution in [3.8, 4) is 11.8 Å². The maximum atomic E-state index is 12.7. The highest BCUT2D eigenvalue weighted by molar-refractivity contribution is 5.96. The van der Waals surface area contributed by atoms with Crippen LogP contribution in [0.3, 0.4) is 0 Å². The summed E-state index contributed by atoms with van der Waals surface area (Å²) in [7, 11) is 0. The number of amides is 1. The van der Waals surface area contributed by atoms with Crippen molar-refractivity contribution >= 4 is 11.7 Å². The molecule has 1 aromatic heterocycles. The number of nitrogens with one attached hydrogen (secondary N) is 1. The molecule has 1 unspecified atom stereocenters. The van der Waals surface area contributed by atoms with Crippen molar-refractivity contribution in [3.63, 3.8) is 0 Å². The van der Waals surface area contributed by atoms with Crippen molar-refractivity contribution in [3.05, 3.63) is 40.6 Å². The van der Waals surface area contributed by atoms with Gasteiger partial charge in [0, 0.05) is 11.6 Å². The van der Waals surface area contributed by atoms with Crippen LogP contribution in [0.15, 0.2) is 18.2 Å². The number of nitriles is 1. The van der Waals surface area contributed by atoms with E-state index in [1.54, 1.807) is 4.68 Å². The number of aromatic nitrogens is 2. The molecule has 1 aromatic carbocycles. The van der Waals surface area contributed by atoms with Crippen LogP contribution in [0.1, 0.15) is 34.7 Å². The molecule has 1 atom stereocenters. The van der Waals surface area contributed by atoms with Gasteiger partial charge in [0.2, 0.25) is 5.91 Å². The predicted molar refractivity (Wildman–Crippen MR) is 90.0 cm³/mol. The largest absolute Gasteiger partial charge is 0.492 e. The number of fused-ring (bicyclic) bond motifs is 1. The lowest BCUT2D eigenvalue weighted by Crippen LogP contribution is -2.24. The maximum Gasteiger partial charge on any atom is 0.236 e. The summed E-state index contributed by atoms with van der Waals surface area (Å²) in [6, 6.07) is 7.92. The number of aryl methyl sites for hydroxylation is 4. The fourth-order valence-electron chi connectivity index (χ4n) is 2.87. The van der Waals surface area contributed by atoms with E-state index in [0.717, 1.165) is 28.1 Å². The van der Waals surface area contributed by atoms with E-state index in [2.05, 4.69) is 16.5 Å². The average molecular weight is 324 g/mol. The summed E-state index contributed by atoms with van der Waals surface area (Å²) in [4.78, 5) is 12.7. The van der Waals surface area contributed by atoms with Gasteiger partial charge in [0.15, 0.2) is 0 Å². The Hall–Kier alpha value is -2.81. The molecule has 0 fully saturated rings. The topological polar surface area (TPSA) is 79.9 Å². The average Bonchev–Trinajstić information content (AvgIpc) is 3.09. The van der Waals surface area contributed by atoms with E-state index in [0.29, 0.717) is 25.4 Å². The van der Waals surface area contributed by atoms with Gasteiger partial charge in [-0.1, -0.05) is 6.07 Å². The van der Waals surface area contributed by atoms with Crippen LogP contribution in [0.25, 0.3) is 0 Å². The Morgan fingerprint density at radius 3 is 2.88 bits per heavy atom. The van der Waals surface area contributed by atoms with E-state index in [-0.39, 0.29) is 11.8 Å². The molecule has 1 N–H and O–H groups in total. The number of carbonyl (C=O) groups is 1. The van der Waals surface area contributed by atoms with Crippen LogP contribution in [0.4, 0.5) is 5.82 Å². The number of benzene rings is 1. The first-order chi connectivity index (χ1) is 11.5. The molecule has 24 heavy (non-hydrogen) atoms. The Balaban J connectivity index is 1.81. The molecule has 0 saturated carbocycles. The van der Waals surface area contributed by atoms with Crippen LogP contribution in [0.2, 0.25) is 0 Å². The van der Waals surface area contributed by atoms with Gasteiger partial charge in [0.1, 0.15) is 24.1 Å². The zero-order valence-electron chi connectivity index (χ0n) is 14.1. The van der Waals surface area contributed by atoms with Gasteiger partial charge in [-0.25, -0.2) is 4.68 Å². The second kappa shape index (κ2) is 6.36. The molecule has 2 aromatic rings. The molecule has 0 spiro atoms. The summed E-state index contributed by atoms with van der Waals surface area (Å²) in [5.74, 6) is 0.950. The summed E-state index contributed by atoms with van der Waals surface area (Å²) >= 11 is 0. The van der Waals surface area contributed by atoms with Gasteiger partial charge in [0.05, 0.1) is 24.7 Å². The maximum absolute atomic E-state index is 12.7. The predicted octanol–water partition coefficient (Wildman–Crippen LogP) is 2.84. The highest BCUT2D eigenvalue weighted by Crippen LogP contribution is 2.36. The third kappa shape index (κ3) is 2.98. The summed E-state index contributed by atoms with van der Waals surface area (Å²) < 4.78 is 7.34. The van der Waals surface area contributed by atoms with Crippen molar-refractivity contribution in [2.45, 2.75) is 39.7 Å². The summed E-state index contributed by atoms with van der Waals surface area (Å²) in [6.07, 6.45) is 0.345. The van der Waals surface area contributed by atoms with Crippen molar-refractivity contribution in [2.24, 2.45) is 0 Å². The number of hydrogen-bond donors (Lipinski definition) is 1. The molecule has 0 saturated heterocycles. The lowest BCUT2D eigenvalue weighted by Gasteiger charge is -2.12. The highest BCUT2D eigenvalue weighted by Gasteiger charge is 2.31. The normalized spacial score (nSPS) is 15.5. The number of ether oxygens (including phenoxy) is 1. The van der Waals surface area contributed by atoms with Gasteiger partial charge in [-0.05, 0) is 38.0 Å². The van der Waals surface area contributed by atoms with Crippen LogP contribution in [0, 0.1) is 32.1 Å². The van der Waals surface area contributed by atoms with E-state index in [4.69, 9.17) is 10.00 Å². The molecule has 1 aliphatic rings. The van der Waals surface area contributed by atoms with Crippen LogP contribution in [-0.2, 0) is 11.3 Å². The van der Waals surface area contributed by atoms with Crippen LogP contribution in [0.5, 0.6) is 5.75 Å². The van der Waals surface area contributed by atoms with Crippen LogP contribution >= 0.6 is 0 Å².